The largest absolute Gasteiger partial charge is 0.363 e. The predicted octanol–water partition coefficient (Wildman–Crippen LogP) is 2.11. The number of carbonyl (C=O) groups is 1. The Morgan fingerprint density at radius 1 is 1.29 bits per heavy atom. The minimum absolute atomic E-state index is 0.217. The van der Waals surface area contributed by atoms with Crippen LogP contribution in [0.4, 0.5) is 5.69 Å². The van der Waals surface area contributed by atoms with Crippen molar-refractivity contribution in [2.75, 3.05) is 25.1 Å². The van der Waals surface area contributed by atoms with E-state index in [0.29, 0.717) is 17.3 Å². The molecule has 0 unspecified atom stereocenters. The Labute approximate surface area is 128 Å². The van der Waals surface area contributed by atoms with Gasteiger partial charge in [-0.25, -0.2) is 15.4 Å². The molecule has 0 radical (unpaired) electrons. The first-order valence-electron chi connectivity index (χ1n) is 6.97. The van der Waals surface area contributed by atoms with Crippen molar-refractivity contribution in [3.8, 4) is 0 Å². The van der Waals surface area contributed by atoms with Gasteiger partial charge in [0.1, 0.15) is 11.5 Å². The second-order valence-electron chi connectivity index (χ2n) is 5.12. The highest BCUT2D eigenvalue weighted by molar-refractivity contribution is 6.33. The molecule has 0 spiro atoms. The maximum Gasteiger partial charge on any atom is 0.292 e. The zero-order valence-corrected chi connectivity index (χ0v) is 12.6. The Hall–Kier alpha value is -1.85. The molecule has 110 valence electrons. The number of halogens is 1. The molecule has 1 fully saturated rings. The first-order valence-corrected chi connectivity index (χ1v) is 7.35. The zero-order chi connectivity index (χ0) is 14.8. The Balaban J connectivity index is 1.91. The van der Waals surface area contributed by atoms with Crippen molar-refractivity contribution in [1.82, 2.24) is 10.3 Å². The summed E-state index contributed by atoms with van der Waals surface area (Å²) in [6.07, 6.45) is 1.95. The van der Waals surface area contributed by atoms with Crippen LogP contribution in [0.1, 0.15) is 12.8 Å². The summed E-state index contributed by atoms with van der Waals surface area (Å²) >= 11 is 6.20. The van der Waals surface area contributed by atoms with Gasteiger partial charge in [-0.15, -0.1) is 0 Å². The van der Waals surface area contributed by atoms with Crippen LogP contribution in [0.25, 0.3) is 0 Å². The molecule has 1 aromatic carbocycles. The normalized spacial score (nSPS) is 21.6. The average molecular weight is 305 g/mol. The van der Waals surface area contributed by atoms with E-state index in [1.807, 2.05) is 37.4 Å². The number of hydrogen-bond donors (Lipinski definition) is 1. The zero-order valence-electron chi connectivity index (χ0n) is 11.8. The number of rotatable bonds is 2. The van der Waals surface area contributed by atoms with Crippen molar-refractivity contribution >= 4 is 29.0 Å². The maximum absolute atomic E-state index is 12.6. The van der Waals surface area contributed by atoms with E-state index in [0.717, 1.165) is 30.9 Å². The first kappa shape index (κ1) is 14.1. The molecule has 5 nitrogen and oxygen atoms in total. The summed E-state index contributed by atoms with van der Waals surface area (Å²) in [5.74, 6) is 0.705. The fourth-order valence-electron chi connectivity index (χ4n) is 2.48. The van der Waals surface area contributed by atoms with Crippen LogP contribution >= 0.6 is 11.6 Å². The molecule has 2 heterocycles. The predicted molar refractivity (Wildman–Crippen MR) is 84.1 cm³/mol. The van der Waals surface area contributed by atoms with Crippen molar-refractivity contribution in [3.05, 3.63) is 41.1 Å². The fourth-order valence-corrected chi connectivity index (χ4v) is 2.67. The molecule has 2 aliphatic heterocycles. The lowest BCUT2D eigenvalue weighted by atomic mass is 10.2. The number of aliphatic imine (C=N–C) groups is 1. The van der Waals surface area contributed by atoms with E-state index in [4.69, 9.17) is 11.6 Å². The molecular weight excluding hydrogens is 288 g/mol. The quantitative estimate of drug-likeness (QED) is 0.910. The van der Waals surface area contributed by atoms with Gasteiger partial charge >= 0.3 is 0 Å². The van der Waals surface area contributed by atoms with Crippen molar-refractivity contribution in [3.63, 3.8) is 0 Å². The third-order valence-electron chi connectivity index (χ3n) is 3.64. The topological polar surface area (TPSA) is 47.9 Å². The molecular formula is C15H17ClN4O. The van der Waals surface area contributed by atoms with E-state index in [-0.39, 0.29) is 5.91 Å². The van der Waals surface area contributed by atoms with Gasteiger partial charge in [-0.1, -0.05) is 29.8 Å². The molecule has 1 amide bonds. The monoisotopic (exact) mass is 304 g/mol. The van der Waals surface area contributed by atoms with Crippen molar-refractivity contribution < 1.29 is 4.79 Å². The number of amidine groups is 1. The van der Waals surface area contributed by atoms with Crippen LogP contribution in [-0.2, 0) is 4.79 Å². The van der Waals surface area contributed by atoms with Crippen LogP contribution in [0.5, 0.6) is 0 Å². The Kier molecular flexibility index (Phi) is 3.94. The molecule has 2 aliphatic rings. The first-order chi connectivity index (χ1) is 10.2. The van der Waals surface area contributed by atoms with Crippen LogP contribution in [0.15, 0.2) is 46.1 Å². The molecule has 0 atom stereocenters. The Bertz CT molecular complexity index is 611. The van der Waals surface area contributed by atoms with E-state index >= 15 is 0 Å². The van der Waals surface area contributed by atoms with E-state index in [2.05, 4.69) is 15.3 Å². The van der Waals surface area contributed by atoms with E-state index < -0.39 is 0 Å². The van der Waals surface area contributed by atoms with E-state index in [9.17, 15) is 4.79 Å². The number of benzene rings is 1. The molecule has 21 heavy (non-hydrogen) atoms. The number of carbonyl (C=O) groups excluding carboxylic acids is 1. The van der Waals surface area contributed by atoms with Crippen molar-refractivity contribution in [1.29, 1.82) is 0 Å². The Morgan fingerprint density at radius 3 is 2.71 bits per heavy atom. The van der Waals surface area contributed by atoms with Crippen molar-refractivity contribution in [2.45, 2.75) is 12.8 Å². The number of likely N-dealkylation sites (tertiary alicyclic amines) is 1. The third-order valence-corrected chi connectivity index (χ3v) is 3.96. The van der Waals surface area contributed by atoms with Gasteiger partial charge in [-0.3, -0.25) is 4.79 Å². The summed E-state index contributed by atoms with van der Waals surface area (Å²) in [4.78, 5) is 19.2. The standard InChI is InChI=1S/C15H17ClN4O/c1-19-9-5-8-13(19)18-14-12(16)10-17-20(15(14)21)11-6-3-2-4-7-11/h2-4,6-7,17H,5,8-10H2,1H3. The van der Waals surface area contributed by atoms with Crippen LogP contribution in [0.2, 0.25) is 0 Å². The SMILES string of the molecule is CN1CCCC1=NC1=C(Cl)CNN(c2ccccc2)C1=O. The lowest BCUT2D eigenvalue weighted by Crippen LogP contribution is -2.48. The van der Waals surface area contributed by atoms with Crippen LogP contribution in [0.3, 0.4) is 0 Å². The summed E-state index contributed by atoms with van der Waals surface area (Å²) in [6.45, 7) is 1.37. The van der Waals surface area contributed by atoms with Gasteiger partial charge in [0.2, 0.25) is 0 Å². The second-order valence-corrected chi connectivity index (χ2v) is 5.57. The molecule has 1 saturated heterocycles. The van der Waals surface area contributed by atoms with Gasteiger partial charge in [-0.2, -0.15) is 0 Å². The number of amides is 1. The molecule has 0 aromatic heterocycles. The van der Waals surface area contributed by atoms with Crippen LogP contribution in [0, 0.1) is 0 Å². The molecule has 1 N–H and O–H groups in total. The number of anilines is 1. The van der Waals surface area contributed by atoms with Crippen molar-refractivity contribution in [2.24, 2.45) is 4.99 Å². The molecule has 3 rings (SSSR count). The van der Waals surface area contributed by atoms with Crippen LogP contribution in [-0.4, -0.2) is 36.8 Å². The minimum Gasteiger partial charge on any atom is -0.363 e. The second kappa shape index (κ2) is 5.87. The Morgan fingerprint density at radius 2 is 2.05 bits per heavy atom. The van der Waals surface area contributed by atoms with Gasteiger partial charge < -0.3 is 4.90 Å². The maximum atomic E-state index is 12.6. The highest BCUT2D eigenvalue weighted by atomic mass is 35.5. The summed E-state index contributed by atoms with van der Waals surface area (Å²) in [7, 11) is 1.99. The number of nitrogens with one attached hydrogen (secondary N) is 1. The lowest BCUT2D eigenvalue weighted by Gasteiger charge is -2.28. The van der Waals surface area contributed by atoms with E-state index in [1.165, 1.54) is 5.01 Å². The highest BCUT2D eigenvalue weighted by Crippen LogP contribution is 2.24. The number of nitrogens with zero attached hydrogens (tertiary/aromatic N) is 3. The smallest absolute Gasteiger partial charge is 0.292 e. The van der Waals surface area contributed by atoms with Gasteiger partial charge in [0.15, 0.2) is 0 Å². The number of hydrazine groups is 1. The third kappa shape index (κ3) is 2.80. The van der Waals surface area contributed by atoms with Gasteiger partial charge in [0.25, 0.3) is 5.91 Å². The summed E-state index contributed by atoms with van der Waals surface area (Å²) < 4.78 is 0. The lowest BCUT2D eigenvalue weighted by molar-refractivity contribution is -0.116. The van der Waals surface area contributed by atoms with Gasteiger partial charge in [0, 0.05) is 20.0 Å². The molecule has 1 aromatic rings. The highest BCUT2D eigenvalue weighted by Gasteiger charge is 2.28. The van der Waals surface area contributed by atoms with E-state index in [1.54, 1.807) is 0 Å². The van der Waals surface area contributed by atoms with Gasteiger partial charge in [-0.05, 0) is 18.6 Å². The average Bonchev–Trinajstić information content (AvgIpc) is 2.90. The number of para-hydroxylation sites is 1. The molecule has 0 bridgehead atoms. The fraction of sp³-hybridized carbons (Fsp3) is 0.333. The molecule has 0 saturated carbocycles. The summed E-state index contributed by atoms with van der Waals surface area (Å²) in [5, 5.41) is 1.96. The minimum atomic E-state index is -0.217. The summed E-state index contributed by atoms with van der Waals surface area (Å²) in [6, 6.07) is 9.43. The molecule has 6 heteroatoms. The summed E-state index contributed by atoms with van der Waals surface area (Å²) in [5.41, 5.74) is 4.13. The number of hydrogen-bond acceptors (Lipinski definition) is 3. The molecule has 0 aliphatic carbocycles. The van der Waals surface area contributed by atoms with Gasteiger partial charge in [0.05, 0.1) is 17.3 Å². The van der Waals surface area contributed by atoms with Crippen LogP contribution < -0.4 is 10.4 Å².